The van der Waals surface area contributed by atoms with Crippen molar-refractivity contribution in [3.05, 3.63) is 66.7 Å². The molecule has 3 aromatic rings. The summed E-state index contributed by atoms with van der Waals surface area (Å²) in [4.78, 5) is 10.8. The Morgan fingerprint density at radius 1 is 1.04 bits per heavy atom. The van der Waals surface area contributed by atoms with E-state index in [2.05, 4.69) is 50.5 Å². The van der Waals surface area contributed by atoms with Gasteiger partial charge in [-0.3, -0.25) is 14.9 Å². The van der Waals surface area contributed by atoms with E-state index < -0.39 is 0 Å². The van der Waals surface area contributed by atoms with Crippen molar-refractivity contribution in [2.75, 3.05) is 18.4 Å². The predicted octanol–water partition coefficient (Wildman–Crippen LogP) is 3.32. The molecule has 1 aliphatic rings. The highest BCUT2D eigenvalue weighted by molar-refractivity contribution is 5.84. The van der Waals surface area contributed by atoms with Gasteiger partial charge in [-0.1, -0.05) is 12.1 Å². The van der Waals surface area contributed by atoms with Crippen LogP contribution in [0.4, 0.5) is 5.69 Å². The van der Waals surface area contributed by atoms with Crippen LogP contribution in [0.3, 0.4) is 0 Å². The van der Waals surface area contributed by atoms with Crippen molar-refractivity contribution < 1.29 is 0 Å². The number of nitrogens with zero attached hydrogens (tertiary/aromatic N) is 3. The molecule has 0 unspecified atom stereocenters. The zero-order valence-corrected chi connectivity index (χ0v) is 13.0. The molecule has 4 heteroatoms. The van der Waals surface area contributed by atoms with Gasteiger partial charge in [0.1, 0.15) is 0 Å². The van der Waals surface area contributed by atoms with E-state index in [9.17, 15) is 0 Å². The van der Waals surface area contributed by atoms with Gasteiger partial charge in [0.15, 0.2) is 0 Å². The highest BCUT2D eigenvalue weighted by atomic mass is 15.2. The van der Waals surface area contributed by atoms with Crippen molar-refractivity contribution >= 4 is 16.5 Å². The smallest absolute Gasteiger partial charge is 0.0400 e. The third kappa shape index (κ3) is 3.32. The lowest BCUT2D eigenvalue weighted by Crippen LogP contribution is -2.25. The average Bonchev–Trinajstić information content (AvgIpc) is 3.02. The Morgan fingerprint density at radius 2 is 2.00 bits per heavy atom. The monoisotopic (exact) mass is 304 g/mol. The quantitative estimate of drug-likeness (QED) is 0.803. The first kappa shape index (κ1) is 14.2. The number of fused-ring (bicyclic) bond motifs is 1. The lowest BCUT2D eigenvalue weighted by Gasteiger charge is -2.17. The van der Waals surface area contributed by atoms with Crippen LogP contribution in [0.25, 0.3) is 10.8 Å². The van der Waals surface area contributed by atoms with Crippen LogP contribution in [-0.4, -0.2) is 34.0 Å². The molecule has 23 heavy (non-hydrogen) atoms. The Kier molecular flexibility index (Phi) is 3.90. The predicted molar refractivity (Wildman–Crippen MR) is 93.3 cm³/mol. The molecular formula is C19H20N4. The molecule has 1 fully saturated rings. The molecule has 3 heterocycles. The van der Waals surface area contributed by atoms with Crippen LogP contribution in [0.15, 0.2) is 61.2 Å². The summed E-state index contributed by atoms with van der Waals surface area (Å²) in [5.41, 5.74) is 2.48. The summed E-state index contributed by atoms with van der Waals surface area (Å²) in [5.74, 6) is 0. The van der Waals surface area contributed by atoms with Crippen LogP contribution in [0, 0.1) is 0 Å². The number of nitrogens with one attached hydrogen (secondary N) is 1. The van der Waals surface area contributed by atoms with E-state index in [0.717, 1.165) is 19.6 Å². The highest BCUT2D eigenvalue weighted by Crippen LogP contribution is 2.21. The first-order valence-corrected chi connectivity index (χ1v) is 8.08. The third-order valence-electron chi connectivity index (χ3n) is 4.41. The van der Waals surface area contributed by atoms with E-state index in [1.807, 2.05) is 30.9 Å². The summed E-state index contributed by atoms with van der Waals surface area (Å²) in [7, 11) is 0. The third-order valence-corrected chi connectivity index (χ3v) is 4.41. The van der Waals surface area contributed by atoms with E-state index in [-0.39, 0.29) is 0 Å². The SMILES string of the molecule is c1cncc(CN2CC[C@@H](Nc3ccc4cnccc4c3)C2)c1. The second-order valence-corrected chi connectivity index (χ2v) is 6.16. The first-order chi connectivity index (χ1) is 11.4. The molecule has 0 saturated carbocycles. The summed E-state index contributed by atoms with van der Waals surface area (Å²) >= 11 is 0. The number of aromatic nitrogens is 2. The normalized spacial score (nSPS) is 18.3. The van der Waals surface area contributed by atoms with Crippen LogP contribution in [0.5, 0.6) is 0 Å². The van der Waals surface area contributed by atoms with Gasteiger partial charge in [-0.15, -0.1) is 0 Å². The molecule has 1 aromatic carbocycles. The van der Waals surface area contributed by atoms with Crippen molar-refractivity contribution in [1.29, 1.82) is 0 Å². The fourth-order valence-electron chi connectivity index (χ4n) is 3.25. The van der Waals surface area contributed by atoms with Crippen LogP contribution >= 0.6 is 0 Å². The van der Waals surface area contributed by atoms with Crippen LogP contribution in [-0.2, 0) is 6.54 Å². The lowest BCUT2D eigenvalue weighted by molar-refractivity contribution is 0.328. The maximum absolute atomic E-state index is 4.20. The molecule has 0 aliphatic carbocycles. The largest absolute Gasteiger partial charge is 0.381 e. The van der Waals surface area contributed by atoms with Crippen LogP contribution in [0.1, 0.15) is 12.0 Å². The summed E-state index contributed by atoms with van der Waals surface area (Å²) in [6.07, 6.45) is 8.71. The molecule has 0 spiro atoms. The topological polar surface area (TPSA) is 41.1 Å². The van der Waals surface area contributed by atoms with Gasteiger partial charge in [-0.25, -0.2) is 0 Å². The van der Waals surface area contributed by atoms with E-state index >= 15 is 0 Å². The lowest BCUT2D eigenvalue weighted by atomic mass is 10.1. The van der Waals surface area contributed by atoms with E-state index in [1.165, 1.54) is 28.4 Å². The van der Waals surface area contributed by atoms with Gasteiger partial charge in [-0.05, 0) is 41.6 Å². The second kappa shape index (κ2) is 6.34. The minimum Gasteiger partial charge on any atom is -0.381 e. The number of benzene rings is 1. The molecule has 0 bridgehead atoms. The van der Waals surface area contributed by atoms with Gasteiger partial charge in [0.2, 0.25) is 0 Å². The van der Waals surface area contributed by atoms with Crippen molar-refractivity contribution in [2.45, 2.75) is 19.0 Å². The molecule has 4 rings (SSSR count). The molecule has 4 nitrogen and oxygen atoms in total. The average molecular weight is 304 g/mol. The van der Waals surface area contributed by atoms with Crippen molar-refractivity contribution in [2.24, 2.45) is 0 Å². The van der Waals surface area contributed by atoms with Gasteiger partial charge >= 0.3 is 0 Å². The van der Waals surface area contributed by atoms with E-state index in [1.54, 1.807) is 0 Å². The number of rotatable bonds is 4. The van der Waals surface area contributed by atoms with Crippen LogP contribution in [0.2, 0.25) is 0 Å². The maximum Gasteiger partial charge on any atom is 0.0400 e. The molecule has 2 aromatic heterocycles. The molecule has 1 saturated heterocycles. The molecule has 0 amide bonds. The van der Waals surface area contributed by atoms with Crippen molar-refractivity contribution in [3.63, 3.8) is 0 Å². The minimum absolute atomic E-state index is 0.506. The zero-order valence-electron chi connectivity index (χ0n) is 13.0. The highest BCUT2D eigenvalue weighted by Gasteiger charge is 2.22. The Labute approximate surface area is 136 Å². The Balaban J connectivity index is 1.39. The molecule has 1 N–H and O–H groups in total. The zero-order chi connectivity index (χ0) is 15.5. The molecule has 0 radical (unpaired) electrons. The first-order valence-electron chi connectivity index (χ1n) is 8.08. The number of anilines is 1. The Hall–Kier alpha value is -2.46. The van der Waals surface area contributed by atoms with Gasteiger partial charge in [0.25, 0.3) is 0 Å². The van der Waals surface area contributed by atoms with Crippen LogP contribution < -0.4 is 5.32 Å². The summed E-state index contributed by atoms with van der Waals surface area (Å²) in [6, 6.07) is 13.2. The second-order valence-electron chi connectivity index (χ2n) is 6.16. The number of hydrogen-bond donors (Lipinski definition) is 1. The van der Waals surface area contributed by atoms with E-state index in [4.69, 9.17) is 0 Å². The Bertz CT molecular complexity index is 787. The van der Waals surface area contributed by atoms with E-state index in [0.29, 0.717) is 6.04 Å². The fourth-order valence-corrected chi connectivity index (χ4v) is 3.25. The maximum atomic E-state index is 4.20. The van der Waals surface area contributed by atoms with Crippen molar-refractivity contribution in [3.8, 4) is 0 Å². The summed E-state index contributed by atoms with van der Waals surface area (Å²) in [6.45, 7) is 3.18. The van der Waals surface area contributed by atoms with Gasteiger partial charge in [0.05, 0.1) is 0 Å². The molecular weight excluding hydrogens is 284 g/mol. The van der Waals surface area contributed by atoms with Gasteiger partial charge in [0, 0.05) is 61.5 Å². The number of hydrogen-bond acceptors (Lipinski definition) is 4. The minimum atomic E-state index is 0.506. The van der Waals surface area contributed by atoms with Gasteiger partial charge in [-0.2, -0.15) is 0 Å². The number of pyridine rings is 2. The summed E-state index contributed by atoms with van der Waals surface area (Å²) in [5, 5.41) is 6.09. The Morgan fingerprint density at radius 3 is 2.91 bits per heavy atom. The summed E-state index contributed by atoms with van der Waals surface area (Å²) < 4.78 is 0. The standard InChI is InChI=1S/C19H20N4/c1-2-15(11-20-7-1)13-23-9-6-19(14-23)22-18-4-3-17-12-21-8-5-16(17)10-18/h1-5,7-8,10-12,19,22H,6,9,13-14H2/t19-/m1/s1. The van der Waals surface area contributed by atoms with Crippen molar-refractivity contribution in [1.82, 2.24) is 14.9 Å². The fraction of sp³-hybridized carbons (Fsp3) is 0.263. The van der Waals surface area contributed by atoms with Gasteiger partial charge < -0.3 is 5.32 Å². The molecule has 1 atom stereocenters. The molecule has 116 valence electrons. The molecule has 1 aliphatic heterocycles. The number of likely N-dealkylation sites (tertiary alicyclic amines) is 1.